The van der Waals surface area contributed by atoms with E-state index in [-0.39, 0.29) is 17.2 Å². The summed E-state index contributed by atoms with van der Waals surface area (Å²) >= 11 is 3.61. The summed E-state index contributed by atoms with van der Waals surface area (Å²) in [6, 6.07) is 8.16. The van der Waals surface area contributed by atoms with Gasteiger partial charge in [-0.25, -0.2) is 4.99 Å². The van der Waals surface area contributed by atoms with E-state index in [1.807, 2.05) is 32.4 Å². The standard InChI is InChI=1S/C40H56BrN10O3P/c1-13-44-35-30(42-7)14-15-31(36(35)55(11,12)52)46-37(27(4)41)48-38(43-8)47-32-20-29(28-22-45-49(9)23-28)33(21-34(32)53-10)50-18-16-40(17-19-50)25-51(26(2)3)24-39(5,6)54-40/h13-15,20-23,26,46H,7-8,16-19,24-25H2,1-6,9-12H3,(H,47,48)/b37-27+,44-13?. The van der Waals surface area contributed by atoms with E-state index in [4.69, 9.17) is 14.5 Å². The van der Waals surface area contributed by atoms with Gasteiger partial charge in [-0.15, -0.1) is 0 Å². The van der Waals surface area contributed by atoms with Gasteiger partial charge in [-0.1, -0.05) is 15.9 Å². The van der Waals surface area contributed by atoms with Gasteiger partial charge in [-0.3, -0.25) is 19.6 Å². The number of methoxy groups -OCH3 is 1. The lowest BCUT2D eigenvalue weighted by atomic mass is 9.85. The van der Waals surface area contributed by atoms with Crippen molar-refractivity contribution in [1.82, 2.24) is 14.7 Å². The summed E-state index contributed by atoms with van der Waals surface area (Å²) < 4.78 is 29.0. The highest BCUT2D eigenvalue weighted by molar-refractivity contribution is 9.11. The number of aliphatic imine (C=N–C) groups is 4. The van der Waals surface area contributed by atoms with Crippen LogP contribution in [0, 0.1) is 0 Å². The van der Waals surface area contributed by atoms with Crippen molar-refractivity contribution in [1.29, 1.82) is 0 Å². The van der Waals surface area contributed by atoms with Gasteiger partial charge in [0, 0.05) is 79.0 Å². The smallest absolute Gasteiger partial charge is 0.228 e. The minimum atomic E-state index is -2.87. The predicted molar refractivity (Wildman–Crippen MR) is 236 cm³/mol. The van der Waals surface area contributed by atoms with Gasteiger partial charge in [0.25, 0.3) is 0 Å². The van der Waals surface area contributed by atoms with Crippen molar-refractivity contribution in [2.24, 2.45) is 27.0 Å². The van der Waals surface area contributed by atoms with Gasteiger partial charge >= 0.3 is 0 Å². The lowest BCUT2D eigenvalue weighted by molar-refractivity contribution is -0.209. The van der Waals surface area contributed by atoms with Gasteiger partial charge in [0.2, 0.25) is 5.96 Å². The van der Waals surface area contributed by atoms with Crippen molar-refractivity contribution in [3.05, 3.63) is 47.0 Å². The molecule has 2 aliphatic heterocycles. The predicted octanol–water partition coefficient (Wildman–Crippen LogP) is 8.42. The first-order valence-electron chi connectivity index (χ1n) is 18.5. The molecule has 55 heavy (non-hydrogen) atoms. The first kappa shape index (κ1) is 42.1. The number of piperidine rings is 1. The molecule has 2 aromatic carbocycles. The number of allylic oxidation sites excluding steroid dienone is 1. The molecule has 0 radical (unpaired) electrons. The molecule has 5 rings (SSSR count). The first-order chi connectivity index (χ1) is 25.9. The molecular formula is C40H56BrN10O3P. The van der Waals surface area contributed by atoms with E-state index in [0.29, 0.717) is 50.1 Å². The van der Waals surface area contributed by atoms with Crippen LogP contribution in [0.3, 0.4) is 0 Å². The number of anilines is 3. The maximum atomic E-state index is 13.7. The van der Waals surface area contributed by atoms with Crippen molar-refractivity contribution >= 4 is 82.4 Å². The molecule has 3 heterocycles. The summed E-state index contributed by atoms with van der Waals surface area (Å²) in [5, 5.41) is 11.8. The molecule has 15 heteroatoms. The zero-order chi connectivity index (χ0) is 40.3. The van der Waals surface area contributed by atoms with Crippen LogP contribution in [-0.4, -0.2) is 104 Å². The molecule has 0 aliphatic carbocycles. The number of aryl methyl sites for hydroxylation is 1. The van der Waals surface area contributed by atoms with Crippen LogP contribution in [0.2, 0.25) is 0 Å². The van der Waals surface area contributed by atoms with Gasteiger partial charge in [-0.2, -0.15) is 10.1 Å². The van der Waals surface area contributed by atoms with Crippen molar-refractivity contribution in [2.45, 2.75) is 71.6 Å². The maximum Gasteiger partial charge on any atom is 0.228 e. The highest BCUT2D eigenvalue weighted by atomic mass is 79.9. The Morgan fingerprint density at radius 2 is 1.84 bits per heavy atom. The molecule has 2 aliphatic rings. The van der Waals surface area contributed by atoms with E-state index < -0.39 is 7.14 Å². The fraction of sp³-hybridized carbons (Fsp3) is 0.475. The van der Waals surface area contributed by atoms with Gasteiger partial charge in [0.05, 0.1) is 46.9 Å². The number of ether oxygens (including phenoxy) is 2. The quantitative estimate of drug-likeness (QED) is 0.112. The topological polar surface area (TPSA) is 133 Å². The molecular weight excluding hydrogens is 779 g/mol. The van der Waals surface area contributed by atoms with Crippen molar-refractivity contribution in [3.63, 3.8) is 0 Å². The van der Waals surface area contributed by atoms with E-state index in [9.17, 15) is 4.57 Å². The van der Waals surface area contributed by atoms with Gasteiger partial charge in [0.15, 0.2) is 0 Å². The highest BCUT2D eigenvalue weighted by Crippen LogP contribution is 2.46. The van der Waals surface area contributed by atoms with E-state index in [2.05, 4.69) is 104 Å². The molecule has 1 spiro atoms. The average Bonchev–Trinajstić information content (AvgIpc) is 3.55. The SMILES string of the molecule is C=NC(=N/C(Nc1ccc(N=C)c(N=CC)c1P(C)(C)=O)=C(\C)Br)Nc1cc(-c2cnn(C)c2)c(N2CCC3(CC2)CN(C(C)C)CC(C)(C)O3)cc1OC. The van der Waals surface area contributed by atoms with Crippen molar-refractivity contribution in [3.8, 4) is 16.9 Å². The van der Waals surface area contributed by atoms with Crippen LogP contribution >= 0.6 is 23.1 Å². The minimum Gasteiger partial charge on any atom is -0.494 e. The van der Waals surface area contributed by atoms with E-state index in [1.165, 1.54) is 0 Å². The summed E-state index contributed by atoms with van der Waals surface area (Å²) in [5.74, 6) is 1.25. The number of hydrogen-bond donors (Lipinski definition) is 2. The van der Waals surface area contributed by atoms with Crippen LogP contribution in [0.25, 0.3) is 11.1 Å². The van der Waals surface area contributed by atoms with Crippen molar-refractivity contribution in [2.75, 3.05) is 62.2 Å². The van der Waals surface area contributed by atoms with Crippen LogP contribution < -0.4 is 25.6 Å². The highest BCUT2D eigenvalue weighted by Gasteiger charge is 2.46. The number of guanidine groups is 1. The van der Waals surface area contributed by atoms with Crippen molar-refractivity contribution < 1.29 is 14.0 Å². The second kappa shape index (κ2) is 17.0. The van der Waals surface area contributed by atoms with E-state index >= 15 is 0 Å². The fourth-order valence-corrected chi connectivity index (χ4v) is 9.06. The first-order valence-corrected chi connectivity index (χ1v) is 21.9. The molecule has 2 fully saturated rings. The summed E-state index contributed by atoms with van der Waals surface area (Å²) in [6.07, 6.45) is 7.34. The molecule has 0 atom stereocenters. The normalized spacial score (nSPS) is 18.1. The summed E-state index contributed by atoms with van der Waals surface area (Å²) in [4.78, 5) is 22.7. The Morgan fingerprint density at radius 1 is 1.13 bits per heavy atom. The number of aromatic nitrogens is 2. The number of benzene rings is 2. The Bertz CT molecular complexity index is 2050. The number of nitrogens with zero attached hydrogens (tertiary/aromatic N) is 8. The Labute approximate surface area is 334 Å². The summed E-state index contributed by atoms with van der Waals surface area (Å²) in [7, 11) is 0.697. The lowest BCUT2D eigenvalue weighted by Crippen LogP contribution is -2.63. The second-order valence-electron chi connectivity index (χ2n) is 15.5. The average molecular weight is 836 g/mol. The monoisotopic (exact) mass is 834 g/mol. The number of morpholine rings is 1. The van der Waals surface area contributed by atoms with E-state index in [0.717, 1.165) is 55.8 Å². The van der Waals surface area contributed by atoms with Gasteiger partial charge < -0.3 is 29.6 Å². The van der Waals surface area contributed by atoms with Crippen LogP contribution in [-0.2, 0) is 16.3 Å². The Balaban J connectivity index is 1.50. The Morgan fingerprint density at radius 3 is 2.38 bits per heavy atom. The summed E-state index contributed by atoms with van der Waals surface area (Å²) in [6.45, 7) is 27.0. The minimum absolute atomic E-state index is 0.197. The van der Waals surface area contributed by atoms with Crippen LogP contribution in [0.4, 0.5) is 28.4 Å². The maximum absolute atomic E-state index is 13.7. The zero-order valence-corrected chi connectivity index (χ0v) is 36.4. The number of hydrogen-bond acceptors (Lipinski definition) is 10. The second-order valence-corrected chi connectivity index (χ2v) is 19.8. The third-order valence-corrected chi connectivity index (χ3v) is 11.8. The molecule has 0 unspecified atom stereocenters. The Kier molecular flexibility index (Phi) is 13.0. The molecule has 2 saturated heterocycles. The molecule has 0 saturated carbocycles. The van der Waals surface area contributed by atoms with Crippen LogP contribution in [0.5, 0.6) is 5.75 Å². The van der Waals surface area contributed by atoms with Crippen LogP contribution in [0.1, 0.15) is 54.4 Å². The molecule has 296 valence electrons. The third-order valence-electron chi connectivity index (χ3n) is 9.94. The molecule has 0 amide bonds. The molecule has 1 aromatic heterocycles. The zero-order valence-electron chi connectivity index (χ0n) is 33.9. The largest absolute Gasteiger partial charge is 0.494 e. The van der Waals surface area contributed by atoms with Crippen LogP contribution in [0.15, 0.2) is 66.9 Å². The lowest BCUT2D eigenvalue weighted by Gasteiger charge is -2.54. The van der Waals surface area contributed by atoms with Gasteiger partial charge in [-0.05, 0) is 99.3 Å². The molecule has 13 nitrogen and oxygen atoms in total. The number of rotatable bonds is 11. The number of halogens is 1. The van der Waals surface area contributed by atoms with Gasteiger partial charge in [0.1, 0.15) is 24.4 Å². The molecule has 0 bridgehead atoms. The molecule has 2 N–H and O–H groups in total. The molecule has 3 aromatic rings. The fourth-order valence-electron chi connectivity index (χ4n) is 7.48. The Hall–Kier alpha value is -4.10. The third kappa shape index (κ3) is 9.65. The number of nitrogens with one attached hydrogen (secondary N) is 2. The van der Waals surface area contributed by atoms with E-state index in [1.54, 1.807) is 50.4 Å². The summed E-state index contributed by atoms with van der Waals surface area (Å²) in [5.41, 5.74) is 4.84.